The Morgan fingerprint density at radius 2 is 1.90 bits per heavy atom. The Morgan fingerprint density at radius 3 is 2.52 bits per heavy atom. The number of hydrogen-bond acceptors (Lipinski definition) is 3. The van der Waals surface area contributed by atoms with Gasteiger partial charge in [0, 0.05) is 25.9 Å². The van der Waals surface area contributed by atoms with Gasteiger partial charge in [-0.1, -0.05) is 25.1 Å². The first-order chi connectivity index (χ1) is 10.2. The van der Waals surface area contributed by atoms with Crippen LogP contribution in [0.15, 0.2) is 30.3 Å². The van der Waals surface area contributed by atoms with Crippen molar-refractivity contribution in [2.24, 2.45) is 5.92 Å². The minimum Gasteiger partial charge on any atom is -0.490 e. The third-order valence-electron chi connectivity index (χ3n) is 4.60. The molecular formula is C17H24N2O2. The van der Waals surface area contributed by atoms with Crippen LogP contribution < -0.4 is 10.1 Å². The number of piperidine rings is 1. The third kappa shape index (κ3) is 3.38. The number of carbonyl (C=O) groups excluding carboxylic acids is 1. The molecule has 2 fully saturated rings. The minimum absolute atomic E-state index is 0.0246. The van der Waals surface area contributed by atoms with Crippen LogP contribution in [0, 0.1) is 5.92 Å². The van der Waals surface area contributed by atoms with E-state index in [0.29, 0.717) is 5.92 Å². The molecule has 2 unspecified atom stereocenters. The van der Waals surface area contributed by atoms with E-state index in [2.05, 4.69) is 12.2 Å². The topological polar surface area (TPSA) is 41.6 Å². The molecule has 2 atom stereocenters. The summed E-state index contributed by atoms with van der Waals surface area (Å²) in [5.74, 6) is 1.65. The molecule has 0 aromatic heterocycles. The maximum Gasteiger partial charge on any atom is 0.239 e. The van der Waals surface area contributed by atoms with Crippen molar-refractivity contribution in [2.75, 3.05) is 19.6 Å². The van der Waals surface area contributed by atoms with Gasteiger partial charge in [0.25, 0.3) is 0 Å². The van der Waals surface area contributed by atoms with Crippen LogP contribution in [0.3, 0.4) is 0 Å². The van der Waals surface area contributed by atoms with Crippen LogP contribution in [0.2, 0.25) is 0 Å². The van der Waals surface area contributed by atoms with Crippen LogP contribution >= 0.6 is 0 Å². The molecule has 0 aliphatic carbocycles. The van der Waals surface area contributed by atoms with Crippen LogP contribution in [0.4, 0.5) is 0 Å². The molecule has 0 bridgehead atoms. The number of nitrogens with one attached hydrogen (secondary N) is 1. The lowest BCUT2D eigenvalue weighted by atomic mass is 10.0. The van der Waals surface area contributed by atoms with Gasteiger partial charge >= 0.3 is 0 Å². The first-order valence-electron chi connectivity index (χ1n) is 7.98. The number of rotatable bonds is 3. The fourth-order valence-corrected chi connectivity index (χ4v) is 3.25. The van der Waals surface area contributed by atoms with E-state index in [1.165, 1.54) is 0 Å². The summed E-state index contributed by atoms with van der Waals surface area (Å²) in [7, 11) is 0. The standard InChI is InChI=1S/C17H24N2O2/c1-13-7-10-18-16(13)17(20)19-11-8-15(9-12-19)21-14-5-3-2-4-6-14/h2-6,13,15-16,18H,7-12H2,1H3. The highest BCUT2D eigenvalue weighted by molar-refractivity contribution is 5.82. The zero-order chi connectivity index (χ0) is 14.7. The normalized spacial score (nSPS) is 26.8. The number of likely N-dealkylation sites (tertiary alicyclic amines) is 1. The van der Waals surface area contributed by atoms with Gasteiger partial charge < -0.3 is 15.0 Å². The Labute approximate surface area is 126 Å². The van der Waals surface area contributed by atoms with Gasteiger partial charge in [0.1, 0.15) is 11.9 Å². The molecule has 2 aliphatic heterocycles. The molecule has 0 radical (unpaired) electrons. The van der Waals surface area contributed by atoms with E-state index < -0.39 is 0 Å². The van der Waals surface area contributed by atoms with Crippen LogP contribution in [-0.2, 0) is 4.79 Å². The van der Waals surface area contributed by atoms with Crippen molar-refractivity contribution in [1.82, 2.24) is 10.2 Å². The fourth-order valence-electron chi connectivity index (χ4n) is 3.25. The zero-order valence-electron chi connectivity index (χ0n) is 12.6. The molecule has 1 amide bonds. The number of benzene rings is 1. The summed E-state index contributed by atoms with van der Waals surface area (Å²) in [6.07, 6.45) is 3.17. The summed E-state index contributed by atoms with van der Waals surface area (Å²) in [5, 5.41) is 3.33. The van der Waals surface area contributed by atoms with Crippen LogP contribution in [-0.4, -0.2) is 42.6 Å². The largest absolute Gasteiger partial charge is 0.490 e. The number of nitrogens with zero attached hydrogens (tertiary/aromatic N) is 1. The summed E-state index contributed by atoms with van der Waals surface area (Å²) < 4.78 is 5.98. The quantitative estimate of drug-likeness (QED) is 0.925. The second kappa shape index (κ2) is 6.48. The van der Waals surface area contributed by atoms with Crippen molar-refractivity contribution >= 4 is 5.91 Å². The molecule has 1 aromatic carbocycles. The molecule has 0 spiro atoms. The Balaban J connectivity index is 1.50. The lowest BCUT2D eigenvalue weighted by Crippen LogP contribution is -2.50. The SMILES string of the molecule is CC1CCNC1C(=O)N1CCC(Oc2ccccc2)CC1. The van der Waals surface area contributed by atoms with Crippen molar-refractivity contribution in [2.45, 2.75) is 38.3 Å². The molecule has 4 nitrogen and oxygen atoms in total. The molecule has 4 heteroatoms. The molecule has 1 aromatic rings. The van der Waals surface area contributed by atoms with Crippen LogP contribution in [0.5, 0.6) is 5.75 Å². The Hall–Kier alpha value is -1.55. The second-order valence-corrected chi connectivity index (χ2v) is 6.15. The molecular weight excluding hydrogens is 264 g/mol. The molecule has 1 N–H and O–H groups in total. The van der Waals surface area contributed by atoms with Crippen LogP contribution in [0.1, 0.15) is 26.2 Å². The third-order valence-corrected chi connectivity index (χ3v) is 4.60. The average Bonchev–Trinajstić information content (AvgIpc) is 2.94. The Bertz CT molecular complexity index is 469. The van der Waals surface area contributed by atoms with Gasteiger partial charge in [0.05, 0.1) is 6.04 Å². The summed E-state index contributed by atoms with van der Waals surface area (Å²) in [6.45, 7) is 4.74. The van der Waals surface area contributed by atoms with E-state index in [4.69, 9.17) is 4.74 Å². The lowest BCUT2D eigenvalue weighted by molar-refractivity contribution is -0.135. The predicted octanol–water partition coefficient (Wildman–Crippen LogP) is 2.05. The average molecular weight is 288 g/mol. The first kappa shape index (κ1) is 14.4. The fraction of sp³-hybridized carbons (Fsp3) is 0.588. The molecule has 114 valence electrons. The van der Waals surface area contributed by atoms with E-state index >= 15 is 0 Å². The monoisotopic (exact) mass is 288 g/mol. The highest BCUT2D eigenvalue weighted by Gasteiger charge is 2.34. The molecule has 2 heterocycles. The molecule has 0 saturated carbocycles. The van der Waals surface area contributed by atoms with Gasteiger partial charge in [-0.25, -0.2) is 0 Å². The van der Waals surface area contributed by atoms with Crippen molar-refractivity contribution in [3.05, 3.63) is 30.3 Å². The van der Waals surface area contributed by atoms with E-state index in [9.17, 15) is 4.79 Å². The van der Waals surface area contributed by atoms with Crippen molar-refractivity contribution in [1.29, 1.82) is 0 Å². The maximum atomic E-state index is 12.5. The Morgan fingerprint density at radius 1 is 1.19 bits per heavy atom. The number of amides is 1. The van der Waals surface area contributed by atoms with Gasteiger partial charge in [-0.2, -0.15) is 0 Å². The maximum absolute atomic E-state index is 12.5. The van der Waals surface area contributed by atoms with Crippen molar-refractivity contribution in [3.63, 3.8) is 0 Å². The number of para-hydroxylation sites is 1. The number of carbonyl (C=O) groups is 1. The zero-order valence-corrected chi connectivity index (χ0v) is 12.6. The summed E-state index contributed by atoms with van der Waals surface area (Å²) in [5.41, 5.74) is 0. The van der Waals surface area contributed by atoms with Crippen molar-refractivity contribution < 1.29 is 9.53 Å². The van der Waals surface area contributed by atoms with E-state index in [-0.39, 0.29) is 18.1 Å². The molecule has 2 aliphatic rings. The smallest absolute Gasteiger partial charge is 0.239 e. The highest BCUT2D eigenvalue weighted by atomic mass is 16.5. The van der Waals surface area contributed by atoms with Gasteiger partial charge in [0.2, 0.25) is 5.91 Å². The number of hydrogen-bond donors (Lipinski definition) is 1. The lowest BCUT2D eigenvalue weighted by Gasteiger charge is -2.34. The Kier molecular flexibility index (Phi) is 4.44. The number of ether oxygens (including phenoxy) is 1. The highest BCUT2D eigenvalue weighted by Crippen LogP contribution is 2.22. The van der Waals surface area contributed by atoms with Crippen molar-refractivity contribution in [3.8, 4) is 5.75 Å². The molecule has 21 heavy (non-hydrogen) atoms. The summed E-state index contributed by atoms with van der Waals surface area (Å²) in [6, 6.07) is 9.96. The van der Waals surface area contributed by atoms with E-state index in [1.807, 2.05) is 35.2 Å². The minimum atomic E-state index is 0.0246. The summed E-state index contributed by atoms with van der Waals surface area (Å²) in [4.78, 5) is 14.5. The second-order valence-electron chi connectivity index (χ2n) is 6.15. The van der Waals surface area contributed by atoms with Crippen LogP contribution in [0.25, 0.3) is 0 Å². The first-order valence-corrected chi connectivity index (χ1v) is 7.98. The van der Waals surface area contributed by atoms with Gasteiger partial charge in [-0.05, 0) is 31.0 Å². The van der Waals surface area contributed by atoms with Gasteiger partial charge in [-0.3, -0.25) is 4.79 Å². The van der Waals surface area contributed by atoms with E-state index in [0.717, 1.165) is 44.6 Å². The summed E-state index contributed by atoms with van der Waals surface area (Å²) >= 11 is 0. The predicted molar refractivity (Wildman–Crippen MR) is 82.2 cm³/mol. The van der Waals surface area contributed by atoms with Gasteiger partial charge in [-0.15, -0.1) is 0 Å². The van der Waals surface area contributed by atoms with Gasteiger partial charge in [0.15, 0.2) is 0 Å². The van der Waals surface area contributed by atoms with E-state index in [1.54, 1.807) is 0 Å². The molecule has 3 rings (SSSR count). The molecule has 2 saturated heterocycles.